The number of nitrogens with one attached hydrogen (secondary N) is 1. The molecule has 0 bridgehead atoms. The third-order valence-corrected chi connectivity index (χ3v) is 6.50. The molecule has 0 aliphatic carbocycles. The van der Waals surface area contributed by atoms with Crippen molar-refractivity contribution in [3.8, 4) is 5.75 Å². The fraction of sp³-hybridized carbons (Fsp3) is 0.207. The van der Waals surface area contributed by atoms with Crippen LogP contribution in [0.4, 0.5) is 0 Å². The van der Waals surface area contributed by atoms with E-state index in [1.54, 1.807) is 36.4 Å². The van der Waals surface area contributed by atoms with E-state index in [1.165, 1.54) is 10.8 Å². The summed E-state index contributed by atoms with van der Waals surface area (Å²) in [5.41, 5.74) is 2.24. The number of hydrogen-bond donors (Lipinski definition) is 2. The molecule has 0 saturated heterocycles. The predicted octanol–water partition coefficient (Wildman–Crippen LogP) is 5.15. The molecule has 0 spiro atoms. The van der Waals surface area contributed by atoms with Crippen LogP contribution < -0.4 is 10.1 Å². The molecule has 4 aromatic rings. The van der Waals surface area contributed by atoms with Gasteiger partial charge in [-0.2, -0.15) is 12.8 Å². The Kier molecular flexibility index (Phi) is 9.02. The molecule has 37 heavy (non-hydrogen) atoms. The fourth-order valence-electron chi connectivity index (χ4n) is 4.24. The molecule has 5 rings (SSSR count). The fourth-order valence-corrected chi connectivity index (χ4v) is 4.64. The summed E-state index contributed by atoms with van der Waals surface area (Å²) in [5.74, 6) is 0.352. The van der Waals surface area contributed by atoms with Gasteiger partial charge >= 0.3 is 10.5 Å². The van der Waals surface area contributed by atoms with Crippen molar-refractivity contribution < 1.29 is 23.1 Å². The van der Waals surface area contributed by atoms with E-state index in [0.29, 0.717) is 24.3 Å². The first-order chi connectivity index (χ1) is 18.0. The van der Waals surface area contributed by atoms with Gasteiger partial charge in [-0.3, -0.25) is 4.79 Å². The zero-order chi connectivity index (χ0) is 26.0. The Morgan fingerprint density at radius 3 is 2.16 bits per heavy atom. The summed E-state index contributed by atoms with van der Waals surface area (Å²) in [6.07, 6.45) is 0.539. The van der Waals surface area contributed by atoms with E-state index in [9.17, 15) is 18.3 Å². The van der Waals surface area contributed by atoms with Crippen LogP contribution in [0.25, 0.3) is 10.8 Å². The Labute approximate surface area is 217 Å². The van der Waals surface area contributed by atoms with Crippen molar-refractivity contribution in [2.45, 2.75) is 31.5 Å². The number of ether oxygens (including phenoxy) is 1. The third kappa shape index (κ3) is 7.25. The Bertz CT molecular complexity index is 1420. The van der Waals surface area contributed by atoms with E-state index in [4.69, 9.17) is 4.74 Å². The summed E-state index contributed by atoms with van der Waals surface area (Å²) in [7, 11) is -2.61. The summed E-state index contributed by atoms with van der Waals surface area (Å²) < 4.78 is 31.4. The number of hydrogen-bond acceptors (Lipinski definition) is 6. The molecule has 0 fully saturated rings. The average molecular weight is 517 g/mol. The SMILES string of the molecule is O=C(CC(N=S(=O)=O)c1ccccc1)NC1CCOc2cc(CO)ccc21.c1ccc2ccccc2c1. The molecule has 1 amide bonds. The average Bonchev–Trinajstić information content (AvgIpc) is 2.93. The Balaban J connectivity index is 0.000000265. The van der Waals surface area contributed by atoms with Gasteiger partial charge in [0.25, 0.3) is 0 Å². The lowest BCUT2D eigenvalue weighted by atomic mass is 9.98. The van der Waals surface area contributed by atoms with Crippen molar-refractivity contribution >= 4 is 27.2 Å². The molecule has 1 aliphatic heterocycles. The minimum Gasteiger partial charge on any atom is -0.493 e. The number of aliphatic hydroxyl groups is 1. The molecule has 0 radical (unpaired) electrons. The van der Waals surface area contributed by atoms with Crippen molar-refractivity contribution in [2.75, 3.05) is 6.61 Å². The minimum absolute atomic E-state index is 0.0700. The lowest BCUT2D eigenvalue weighted by Gasteiger charge is -2.27. The van der Waals surface area contributed by atoms with Crippen LogP contribution in [-0.4, -0.2) is 26.0 Å². The van der Waals surface area contributed by atoms with Gasteiger partial charge in [0.1, 0.15) is 11.8 Å². The standard InChI is InChI=1S/C19H20N2O5S.C10H8/c22-12-13-6-7-15-16(8-9-26-18(15)10-13)20-19(23)11-17(21-27(24)25)14-4-2-1-3-5-14;1-2-6-10-8-4-3-7-9(10)5-1/h1-7,10,16-17,22H,8-9,11-12H2,(H,20,23);1-8H. The van der Waals surface area contributed by atoms with Crippen LogP contribution in [0.15, 0.2) is 101 Å². The normalized spacial score (nSPS) is 14.8. The van der Waals surface area contributed by atoms with Crippen LogP contribution in [0.1, 0.15) is 41.6 Å². The lowest BCUT2D eigenvalue weighted by Crippen LogP contribution is -2.32. The summed E-state index contributed by atoms with van der Waals surface area (Å²) >= 11 is 0. The van der Waals surface area contributed by atoms with Gasteiger partial charge in [0, 0.05) is 12.0 Å². The first-order valence-corrected chi connectivity index (χ1v) is 13.0. The first kappa shape index (κ1) is 26.1. The highest BCUT2D eigenvalue weighted by Gasteiger charge is 2.25. The molecule has 1 aliphatic rings. The number of nitrogens with zero attached hydrogens (tertiary/aromatic N) is 1. The summed E-state index contributed by atoms with van der Waals surface area (Å²) in [6, 6.07) is 29.9. The largest absolute Gasteiger partial charge is 0.493 e. The molecule has 2 unspecified atom stereocenters. The van der Waals surface area contributed by atoms with Gasteiger partial charge in [-0.05, 0) is 28.0 Å². The molecular weight excluding hydrogens is 488 g/mol. The molecule has 1 heterocycles. The first-order valence-electron chi connectivity index (χ1n) is 12.0. The van der Waals surface area contributed by atoms with Gasteiger partial charge < -0.3 is 15.2 Å². The second-order valence-corrected chi connectivity index (χ2v) is 9.23. The van der Waals surface area contributed by atoms with Crippen LogP contribution in [0, 0.1) is 0 Å². The van der Waals surface area contributed by atoms with Gasteiger partial charge in [0.15, 0.2) is 0 Å². The van der Waals surface area contributed by atoms with Crippen molar-refractivity contribution in [2.24, 2.45) is 4.36 Å². The molecule has 0 aromatic heterocycles. The van der Waals surface area contributed by atoms with Gasteiger partial charge in [0.2, 0.25) is 5.91 Å². The van der Waals surface area contributed by atoms with Crippen LogP contribution >= 0.6 is 0 Å². The topological polar surface area (TPSA) is 105 Å². The van der Waals surface area contributed by atoms with Gasteiger partial charge in [-0.15, -0.1) is 0 Å². The van der Waals surface area contributed by atoms with Crippen molar-refractivity contribution in [3.05, 3.63) is 114 Å². The summed E-state index contributed by atoms with van der Waals surface area (Å²) in [4.78, 5) is 12.6. The molecule has 2 atom stereocenters. The van der Waals surface area contributed by atoms with Gasteiger partial charge in [0.05, 0.1) is 25.7 Å². The van der Waals surface area contributed by atoms with E-state index in [-0.39, 0.29) is 25.0 Å². The molecule has 7 nitrogen and oxygen atoms in total. The van der Waals surface area contributed by atoms with Crippen LogP contribution in [0.2, 0.25) is 0 Å². The lowest BCUT2D eigenvalue weighted by molar-refractivity contribution is -0.122. The maximum atomic E-state index is 12.6. The number of aliphatic hydroxyl groups excluding tert-OH is 1. The van der Waals surface area contributed by atoms with E-state index in [0.717, 1.165) is 11.1 Å². The van der Waals surface area contributed by atoms with Crippen LogP contribution in [-0.2, 0) is 21.9 Å². The maximum Gasteiger partial charge on any atom is 0.311 e. The molecule has 2 N–H and O–H groups in total. The van der Waals surface area contributed by atoms with Crippen molar-refractivity contribution in [1.29, 1.82) is 0 Å². The maximum absolute atomic E-state index is 12.6. The molecular formula is C29H28N2O5S. The molecule has 4 aromatic carbocycles. The highest BCUT2D eigenvalue weighted by Crippen LogP contribution is 2.33. The number of carbonyl (C=O) groups is 1. The second-order valence-electron chi connectivity index (χ2n) is 8.59. The van der Waals surface area contributed by atoms with Gasteiger partial charge in [-0.25, -0.2) is 0 Å². The zero-order valence-corrected chi connectivity index (χ0v) is 21.0. The highest BCUT2D eigenvalue weighted by molar-refractivity contribution is 7.61. The van der Waals surface area contributed by atoms with E-state index in [1.807, 2.05) is 12.1 Å². The molecule has 0 saturated carbocycles. The van der Waals surface area contributed by atoms with E-state index < -0.39 is 16.5 Å². The number of rotatable bonds is 6. The smallest absolute Gasteiger partial charge is 0.311 e. The van der Waals surface area contributed by atoms with Crippen LogP contribution in [0.5, 0.6) is 5.75 Å². The Morgan fingerprint density at radius 2 is 1.57 bits per heavy atom. The molecule has 8 heteroatoms. The predicted molar refractivity (Wildman–Crippen MR) is 142 cm³/mol. The number of benzene rings is 4. The van der Waals surface area contributed by atoms with Crippen molar-refractivity contribution in [3.63, 3.8) is 0 Å². The third-order valence-electron chi connectivity index (χ3n) is 6.07. The number of fused-ring (bicyclic) bond motifs is 2. The van der Waals surface area contributed by atoms with Crippen LogP contribution in [0.3, 0.4) is 0 Å². The quantitative estimate of drug-likeness (QED) is 0.369. The highest BCUT2D eigenvalue weighted by atomic mass is 32.2. The number of amides is 1. The number of carbonyl (C=O) groups excluding carboxylic acids is 1. The Morgan fingerprint density at radius 1 is 0.946 bits per heavy atom. The van der Waals surface area contributed by atoms with E-state index >= 15 is 0 Å². The van der Waals surface area contributed by atoms with Crippen molar-refractivity contribution in [1.82, 2.24) is 5.32 Å². The van der Waals surface area contributed by atoms with E-state index in [2.05, 4.69) is 58.2 Å². The molecule has 190 valence electrons. The Hall–Kier alpha value is -4.01. The monoisotopic (exact) mass is 516 g/mol. The second kappa shape index (κ2) is 12.8. The summed E-state index contributed by atoms with van der Waals surface area (Å²) in [6.45, 7) is 0.365. The van der Waals surface area contributed by atoms with Gasteiger partial charge in [-0.1, -0.05) is 91.0 Å². The zero-order valence-electron chi connectivity index (χ0n) is 20.2. The minimum atomic E-state index is -2.61. The summed E-state index contributed by atoms with van der Waals surface area (Å²) in [5, 5.41) is 14.8.